The Morgan fingerprint density at radius 2 is 2.04 bits per heavy atom. The fourth-order valence-electron chi connectivity index (χ4n) is 8.09. The first-order valence-electron chi connectivity index (χ1n) is 9.62. The number of ether oxygens (including phenoxy) is 1. The zero-order chi connectivity index (χ0) is 18.6. The smallest absolute Gasteiger partial charge is 0.314 e. The Morgan fingerprint density at radius 1 is 1.31 bits per heavy atom. The standard InChI is InChI=1S/C20H26O6/c1-9-6-20-7-10(9)11(21)5-12(20)19-4-3-13(22)18(2,17(25)26-8-19)15(19)14(20)16(23)24/h10-15,21-22H,1,3-8H2,2H3,(H,23,24). The van der Waals surface area contributed by atoms with Crippen LogP contribution < -0.4 is 0 Å². The largest absolute Gasteiger partial charge is 0.481 e. The molecule has 1 spiro atoms. The molecule has 6 nitrogen and oxygen atoms in total. The summed E-state index contributed by atoms with van der Waals surface area (Å²) in [5, 5.41) is 31.7. The van der Waals surface area contributed by atoms with E-state index in [1.165, 1.54) is 0 Å². The van der Waals surface area contributed by atoms with Crippen LogP contribution in [0.3, 0.4) is 0 Å². The van der Waals surface area contributed by atoms with Crippen LogP contribution in [0.1, 0.15) is 39.0 Å². The highest BCUT2D eigenvalue weighted by Crippen LogP contribution is 2.78. The molecular weight excluding hydrogens is 336 g/mol. The minimum absolute atomic E-state index is 0.0217. The van der Waals surface area contributed by atoms with Crippen molar-refractivity contribution in [2.24, 2.45) is 39.9 Å². The molecule has 9 atom stereocenters. The number of esters is 1. The molecule has 0 radical (unpaired) electrons. The van der Waals surface area contributed by atoms with E-state index < -0.39 is 52.2 Å². The summed E-state index contributed by atoms with van der Waals surface area (Å²) >= 11 is 0. The zero-order valence-electron chi connectivity index (χ0n) is 15.0. The number of hydrogen-bond acceptors (Lipinski definition) is 5. The third-order valence-electron chi connectivity index (χ3n) is 8.98. The molecule has 9 unspecified atom stereocenters. The van der Waals surface area contributed by atoms with E-state index >= 15 is 0 Å². The first-order valence-corrected chi connectivity index (χ1v) is 9.62. The van der Waals surface area contributed by atoms with Crippen molar-refractivity contribution in [1.82, 2.24) is 0 Å². The highest BCUT2D eigenvalue weighted by atomic mass is 16.5. The van der Waals surface area contributed by atoms with E-state index in [0.29, 0.717) is 32.1 Å². The molecule has 1 saturated heterocycles. The van der Waals surface area contributed by atoms with Gasteiger partial charge in [-0.15, -0.1) is 0 Å². The van der Waals surface area contributed by atoms with Crippen molar-refractivity contribution in [1.29, 1.82) is 0 Å². The van der Waals surface area contributed by atoms with Gasteiger partial charge in [0.1, 0.15) is 0 Å². The average molecular weight is 362 g/mol. The van der Waals surface area contributed by atoms with Crippen LogP contribution in [0.2, 0.25) is 0 Å². The molecule has 1 heterocycles. The number of aliphatic hydroxyl groups excluding tert-OH is 2. The summed E-state index contributed by atoms with van der Waals surface area (Å²) in [4.78, 5) is 25.3. The third kappa shape index (κ3) is 1.55. The molecule has 4 bridgehead atoms. The second-order valence-electron chi connectivity index (χ2n) is 9.67. The van der Waals surface area contributed by atoms with Crippen molar-refractivity contribution < 1.29 is 29.6 Å². The average Bonchev–Trinajstić information content (AvgIpc) is 3.01. The predicted molar refractivity (Wildman–Crippen MR) is 89.8 cm³/mol. The van der Waals surface area contributed by atoms with Crippen molar-refractivity contribution in [2.75, 3.05) is 6.61 Å². The molecule has 5 rings (SSSR count). The zero-order valence-corrected chi connectivity index (χ0v) is 15.0. The topological polar surface area (TPSA) is 104 Å². The van der Waals surface area contributed by atoms with Crippen LogP contribution in [0.5, 0.6) is 0 Å². The maximum Gasteiger partial charge on any atom is 0.314 e. The summed E-state index contributed by atoms with van der Waals surface area (Å²) < 4.78 is 5.57. The fraction of sp³-hybridized carbons (Fsp3) is 0.800. The SMILES string of the molecule is C=C1CC23CC1C(O)CC2C12CCC(O)C(C)(C(=O)OC1)C2C3C(=O)O. The van der Waals surface area contributed by atoms with E-state index in [1.807, 2.05) is 0 Å². The molecule has 0 amide bonds. The summed E-state index contributed by atoms with van der Waals surface area (Å²) in [5.74, 6) is -2.61. The molecule has 4 aliphatic carbocycles. The highest BCUT2D eigenvalue weighted by Gasteiger charge is 2.80. The van der Waals surface area contributed by atoms with Gasteiger partial charge in [0.05, 0.1) is 30.1 Å². The van der Waals surface area contributed by atoms with Crippen LogP contribution in [-0.2, 0) is 14.3 Å². The summed E-state index contributed by atoms with van der Waals surface area (Å²) in [6.07, 6.45) is 1.46. The van der Waals surface area contributed by atoms with Gasteiger partial charge in [-0.2, -0.15) is 0 Å². The van der Waals surface area contributed by atoms with Gasteiger partial charge in [-0.25, -0.2) is 0 Å². The van der Waals surface area contributed by atoms with E-state index in [4.69, 9.17) is 4.74 Å². The Labute approximate surface area is 152 Å². The summed E-state index contributed by atoms with van der Waals surface area (Å²) in [5.41, 5.74) is -1.22. The van der Waals surface area contributed by atoms with E-state index in [-0.39, 0.29) is 18.4 Å². The molecule has 0 aromatic carbocycles. The summed E-state index contributed by atoms with van der Waals surface area (Å²) in [6.45, 7) is 6.04. The lowest BCUT2D eigenvalue weighted by Crippen LogP contribution is -2.63. The fourth-order valence-corrected chi connectivity index (χ4v) is 8.09. The first-order chi connectivity index (χ1) is 12.2. The number of carboxylic acid groups (broad SMARTS) is 1. The Balaban J connectivity index is 1.76. The molecule has 5 aliphatic rings. The number of hydrogen-bond donors (Lipinski definition) is 3. The Hall–Kier alpha value is -1.40. The number of aliphatic carboxylic acids is 1. The molecule has 142 valence electrons. The summed E-state index contributed by atoms with van der Waals surface area (Å²) in [7, 11) is 0. The van der Waals surface area contributed by atoms with Gasteiger partial charge in [-0.1, -0.05) is 12.2 Å². The number of carbonyl (C=O) groups excluding carboxylic acids is 1. The van der Waals surface area contributed by atoms with Gasteiger partial charge in [-0.05, 0) is 50.4 Å². The Bertz CT molecular complexity index is 732. The molecule has 1 aliphatic heterocycles. The second kappa shape index (κ2) is 4.71. The molecule has 4 saturated carbocycles. The molecule has 3 N–H and O–H groups in total. The molecular formula is C20H26O6. The van der Waals surface area contributed by atoms with Crippen molar-refractivity contribution >= 4 is 11.9 Å². The monoisotopic (exact) mass is 362 g/mol. The van der Waals surface area contributed by atoms with Crippen LogP contribution >= 0.6 is 0 Å². The maximum absolute atomic E-state index is 12.7. The van der Waals surface area contributed by atoms with Crippen LogP contribution in [0, 0.1) is 39.9 Å². The van der Waals surface area contributed by atoms with Crippen molar-refractivity contribution in [2.45, 2.75) is 51.2 Å². The van der Waals surface area contributed by atoms with Gasteiger partial charge < -0.3 is 20.1 Å². The highest BCUT2D eigenvalue weighted by molar-refractivity contribution is 5.82. The van der Waals surface area contributed by atoms with E-state index in [2.05, 4.69) is 6.58 Å². The lowest BCUT2D eigenvalue weighted by atomic mass is 9.50. The number of fused-ring (bicyclic) bond motifs is 1. The number of rotatable bonds is 1. The van der Waals surface area contributed by atoms with Crippen LogP contribution in [0.25, 0.3) is 0 Å². The van der Waals surface area contributed by atoms with Crippen LogP contribution in [-0.4, -0.2) is 46.1 Å². The lowest BCUT2D eigenvalue weighted by molar-refractivity contribution is -0.221. The molecule has 0 aromatic rings. The van der Waals surface area contributed by atoms with Gasteiger partial charge in [0.2, 0.25) is 0 Å². The van der Waals surface area contributed by atoms with Crippen LogP contribution in [0.4, 0.5) is 0 Å². The van der Waals surface area contributed by atoms with Gasteiger partial charge in [0.15, 0.2) is 0 Å². The molecule has 6 heteroatoms. The normalized spacial score (nSPS) is 57.3. The third-order valence-corrected chi connectivity index (χ3v) is 8.98. The molecule has 26 heavy (non-hydrogen) atoms. The number of carbonyl (C=O) groups is 2. The molecule has 5 fully saturated rings. The minimum atomic E-state index is -1.20. The number of aliphatic hydroxyl groups is 2. The van der Waals surface area contributed by atoms with Gasteiger partial charge in [-0.3, -0.25) is 9.59 Å². The minimum Gasteiger partial charge on any atom is -0.481 e. The van der Waals surface area contributed by atoms with Gasteiger partial charge in [0, 0.05) is 17.3 Å². The van der Waals surface area contributed by atoms with E-state index in [1.54, 1.807) is 6.92 Å². The number of carboxylic acids is 1. The second-order valence-corrected chi connectivity index (χ2v) is 9.67. The Kier molecular flexibility index (Phi) is 3.03. The molecule has 0 aromatic heterocycles. The van der Waals surface area contributed by atoms with Crippen molar-refractivity contribution in [3.63, 3.8) is 0 Å². The summed E-state index contributed by atoms with van der Waals surface area (Å²) in [6, 6.07) is 0. The van der Waals surface area contributed by atoms with Crippen LogP contribution in [0.15, 0.2) is 12.2 Å². The Morgan fingerprint density at radius 3 is 2.73 bits per heavy atom. The quantitative estimate of drug-likeness (QED) is 0.481. The van der Waals surface area contributed by atoms with Gasteiger partial charge in [0.25, 0.3) is 0 Å². The van der Waals surface area contributed by atoms with E-state index in [9.17, 15) is 24.9 Å². The lowest BCUT2D eigenvalue weighted by Gasteiger charge is -2.57. The van der Waals surface area contributed by atoms with Crippen molar-refractivity contribution in [3.8, 4) is 0 Å². The number of cyclic esters (lactones) is 1. The maximum atomic E-state index is 12.7. The van der Waals surface area contributed by atoms with Crippen molar-refractivity contribution in [3.05, 3.63) is 12.2 Å². The van der Waals surface area contributed by atoms with E-state index in [0.717, 1.165) is 5.57 Å². The predicted octanol–water partition coefficient (Wildman–Crippen LogP) is 1.35. The van der Waals surface area contributed by atoms with Gasteiger partial charge >= 0.3 is 11.9 Å². The first kappa shape index (κ1) is 16.8.